The second-order valence-electron chi connectivity index (χ2n) is 6.80. The molecule has 4 rings (SSSR count). The topological polar surface area (TPSA) is 114 Å². The van der Waals surface area contributed by atoms with E-state index in [1.165, 1.54) is 28.3 Å². The largest absolute Gasteiger partial charge is 0.339 e. The molecule has 0 bridgehead atoms. The van der Waals surface area contributed by atoms with E-state index in [4.69, 9.17) is 0 Å². The summed E-state index contributed by atoms with van der Waals surface area (Å²) in [5.41, 5.74) is 1.08. The molecule has 0 aliphatic carbocycles. The molecule has 1 atom stereocenters. The summed E-state index contributed by atoms with van der Waals surface area (Å²) in [7, 11) is 1.65. The van der Waals surface area contributed by atoms with Gasteiger partial charge in [0, 0.05) is 26.0 Å². The van der Waals surface area contributed by atoms with Crippen LogP contribution in [0.1, 0.15) is 56.9 Å². The van der Waals surface area contributed by atoms with Crippen molar-refractivity contribution < 1.29 is 14.4 Å². The third-order valence-corrected chi connectivity index (χ3v) is 5.04. The van der Waals surface area contributed by atoms with Crippen LogP contribution in [0.3, 0.4) is 0 Å². The zero-order chi connectivity index (χ0) is 21.4. The Morgan fingerprint density at radius 1 is 1.07 bits per heavy atom. The Morgan fingerprint density at radius 2 is 1.70 bits per heavy atom. The van der Waals surface area contributed by atoms with Crippen molar-refractivity contribution in [1.82, 2.24) is 34.5 Å². The zero-order valence-electron chi connectivity index (χ0n) is 16.7. The van der Waals surface area contributed by atoms with Crippen molar-refractivity contribution >= 4 is 17.7 Å². The average Bonchev–Trinajstić information content (AvgIpc) is 3.36. The van der Waals surface area contributed by atoms with Gasteiger partial charge in [-0.25, -0.2) is 9.97 Å². The van der Waals surface area contributed by atoms with Crippen LogP contribution < -0.4 is 0 Å². The Labute approximate surface area is 172 Å². The van der Waals surface area contributed by atoms with Crippen molar-refractivity contribution in [1.29, 1.82) is 0 Å². The van der Waals surface area contributed by atoms with Gasteiger partial charge >= 0.3 is 0 Å². The standard InChI is InChI=1S/C20H19N7O3/c1-4-25(3)20(30)16-23-11-26(24-16)17-15(21-9-10-22-17)12(2)27-18(28)13-7-5-6-8-14(13)19(27)29/h5-12H,4H2,1-3H3. The van der Waals surface area contributed by atoms with Crippen LogP contribution in [0.4, 0.5) is 0 Å². The predicted octanol–water partition coefficient (Wildman–Crippen LogP) is 1.51. The highest BCUT2D eigenvalue weighted by Gasteiger charge is 2.40. The summed E-state index contributed by atoms with van der Waals surface area (Å²) in [5, 5.41) is 4.22. The molecule has 0 radical (unpaired) electrons. The van der Waals surface area contributed by atoms with Gasteiger partial charge in [0.2, 0.25) is 5.82 Å². The lowest BCUT2D eigenvalue weighted by Crippen LogP contribution is -2.33. The van der Waals surface area contributed by atoms with Gasteiger partial charge in [-0.1, -0.05) is 12.1 Å². The van der Waals surface area contributed by atoms with E-state index in [2.05, 4.69) is 20.1 Å². The number of hydrogen-bond donors (Lipinski definition) is 0. The number of nitrogens with zero attached hydrogens (tertiary/aromatic N) is 7. The minimum absolute atomic E-state index is 0.0179. The fraction of sp³-hybridized carbons (Fsp3) is 0.250. The van der Waals surface area contributed by atoms with Gasteiger partial charge < -0.3 is 4.90 Å². The second-order valence-corrected chi connectivity index (χ2v) is 6.80. The van der Waals surface area contributed by atoms with Gasteiger partial charge in [-0.05, 0) is 26.0 Å². The molecule has 0 saturated carbocycles. The molecule has 30 heavy (non-hydrogen) atoms. The van der Waals surface area contributed by atoms with E-state index in [9.17, 15) is 14.4 Å². The van der Waals surface area contributed by atoms with Gasteiger partial charge in [-0.3, -0.25) is 24.3 Å². The number of rotatable bonds is 5. The van der Waals surface area contributed by atoms with Crippen molar-refractivity contribution in [3.63, 3.8) is 0 Å². The number of benzene rings is 1. The van der Waals surface area contributed by atoms with Crippen molar-refractivity contribution in [2.24, 2.45) is 0 Å². The molecule has 1 aromatic carbocycles. The van der Waals surface area contributed by atoms with Crippen molar-refractivity contribution in [3.05, 3.63) is 65.6 Å². The minimum atomic E-state index is -0.706. The summed E-state index contributed by atoms with van der Waals surface area (Å²) in [6.45, 7) is 4.06. The molecule has 1 aliphatic rings. The highest BCUT2D eigenvalue weighted by atomic mass is 16.2. The van der Waals surface area contributed by atoms with Gasteiger partial charge in [-0.2, -0.15) is 4.68 Å². The first-order chi connectivity index (χ1) is 14.4. The summed E-state index contributed by atoms with van der Waals surface area (Å²) < 4.78 is 1.33. The SMILES string of the molecule is CCN(C)C(=O)c1ncn(-c2nccnc2C(C)N2C(=O)c3ccccc3C2=O)n1. The van der Waals surface area contributed by atoms with Crippen LogP contribution in [0.15, 0.2) is 43.0 Å². The number of imide groups is 1. The number of carbonyl (C=O) groups excluding carboxylic acids is 3. The lowest BCUT2D eigenvalue weighted by Gasteiger charge is -2.23. The van der Waals surface area contributed by atoms with Crippen molar-refractivity contribution in [2.45, 2.75) is 19.9 Å². The van der Waals surface area contributed by atoms with E-state index in [1.54, 1.807) is 38.2 Å². The van der Waals surface area contributed by atoms with Gasteiger partial charge in [0.1, 0.15) is 12.0 Å². The van der Waals surface area contributed by atoms with E-state index in [0.717, 1.165) is 4.90 Å². The molecule has 3 aromatic rings. The molecule has 3 heterocycles. The average molecular weight is 405 g/mol. The molecule has 1 aliphatic heterocycles. The molecule has 0 fully saturated rings. The summed E-state index contributed by atoms with van der Waals surface area (Å²) in [4.78, 5) is 53.4. The summed E-state index contributed by atoms with van der Waals surface area (Å²) in [6.07, 6.45) is 4.30. The van der Waals surface area contributed by atoms with E-state index >= 15 is 0 Å². The van der Waals surface area contributed by atoms with Crippen molar-refractivity contribution in [2.75, 3.05) is 13.6 Å². The monoisotopic (exact) mass is 405 g/mol. The zero-order valence-corrected chi connectivity index (χ0v) is 16.7. The molecule has 0 spiro atoms. The van der Waals surface area contributed by atoms with Crippen LogP contribution in [0.2, 0.25) is 0 Å². The van der Waals surface area contributed by atoms with Crippen LogP contribution in [-0.2, 0) is 0 Å². The molecule has 152 valence electrons. The normalized spacial score (nSPS) is 14.0. The maximum Gasteiger partial charge on any atom is 0.293 e. The van der Waals surface area contributed by atoms with Crippen LogP contribution in [0.5, 0.6) is 0 Å². The lowest BCUT2D eigenvalue weighted by atomic mass is 10.1. The summed E-state index contributed by atoms with van der Waals surface area (Å²) in [5.74, 6) is -0.802. The Hall–Kier alpha value is -3.95. The fourth-order valence-corrected chi connectivity index (χ4v) is 3.27. The third kappa shape index (κ3) is 3.02. The number of amides is 3. The quantitative estimate of drug-likeness (QED) is 0.591. The number of fused-ring (bicyclic) bond motifs is 1. The van der Waals surface area contributed by atoms with Gasteiger partial charge in [0.15, 0.2) is 5.82 Å². The molecule has 0 N–H and O–H groups in total. The Morgan fingerprint density at radius 3 is 2.33 bits per heavy atom. The number of aromatic nitrogens is 5. The Kier molecular flexibility index (Phi) is 4.82. The van der Waals surface area contributed by atoms with E-state index in [-0.39, 0.29) is 17.5 Å². The fourth-order valence-electron chi connectivity index (χ4n) is 3.27. The van der Waals surface area contributed by atoms with Crippen molar-refractivity contribution in [3.8, 4) is 5.82 Å². The lowest BCUT2D eigenvalue weighted by molar-refractivity contribution is 0.0591. The Balaban J connectivity index is 1.70. The van der Waals surface area contributed by atoms with E-state index < -0.39 is 17.9 Å². The van der Waals surface area contributed by atoms with Gasteiger partial charge in [0.05, 0.1) is 17.2 Å². The molecule has 1 unspecified atom stereocenters. The number of carbonyl (C=O) groups is 3. The first-order valence-electron chi connectivity index (χ1n) is 9.39. The molecule has 3 amide bonds. The molecular weight excluding hydrogens is 386 g/mol. The van der Waals surface area contributed by atoms with Crippen LogP contribution in [-0.4, -0.2) is 65.8 Å². The molecule has 10 nitrogen and oxygen atoms in total. The van der Waals surface area contributed by atoms with E-state index in [0.29, 0.717) is 23.4 Å². The highest BCUT2D eigenvalue weighted by Crippen LogP contribution is 2.31. The molecule has 10 heteroatoms. The maximum absolute atomic E-state index is 12.8. The van der Waals surface area contributed by atoms with Crippen LogP contribution in [0, 0.1) is 0 Å². The second kappa shape index (κ2) is 7.47. The number of hydrogen-bond acceptors (Lipinski definition) is 7. The summed E-state index contributed by atoms with van der Waals surface area (Å²) in [6, 6.07) is 5.97. The maximum atomic E-state index is 12.8. The summed E-state index contributed by atoms with van der Waals surface area (Å²) >= 11 is 0. The minimum Gasteiger partial charge on any atom is -0.339 e. The predicted molar refractivity (Wildman–Crippen MR) is 105 cm³/mol. The van der Waals surface area contributed by atoms with Crippen LogP contribution >= 0.6 is 0 Å². The smallest absolute Gasteiger partial charge is 0.293 e. The Bertz CT molecular complexity index is 1120. The first-order valence-corrected chi connectivity index (χ1v) is 9.39. The first kappa shape index (κ1) is 19.4. The molecule has 2 aromatic heterocycles. The highest BCUT2D eigenvalue weighted by molar-refractivity contribution is 6.21. The molecular formula is C20H19N7O3. The van der Waals surface area contributed by atoms with Gasteiger partial charge in [-0.15, -0.1) is 5.10 Å². The van der Waals surface area contributed by atoms with E-state index in [1.807, 2.05) is 6.92 Å². The third-order valence-electron chi connectivity index (χ3n) is 5.04. The molecule has 0 saturated heterocycles. The van der Waals surface area contributed by atoms with Crippen LogP contribution in [0.25, 0.3) is 5.82 Å². The van der Waals surface area contributed by atoms with Gasteiger partial charge in [0.25, 0.3) is 17.7 Å².